The van der Waals surface area contributed by atoms with Crippen molar-refractivity contribution in [2.24, 2.45) is 0 Å². The molecule has 2 aromatic rings. The van der Waals surface area contributed by atoms with E-state index in [1.807, 2.05) is 6.07 Å². The quantitative estimate of drug-likeness (QED) is 0.613. The lowest BCUT2D eigenvalue weighted by Crippen LogP contribution is -2.47. The minimum Gasteiger partial charge on any atom is -0.493 e. The number of benzene rings is 2. The lowest BCUT2D eigenvalue weighted by Gasteiger charge is -2.33. The number of carbonyl (C=O) groups excluding carboxylic acids is 3. The molecule has 1 fully saturated rings. The van der Waals surface area contributed by atoms with E-state index < -0.39 is 0 Å². The van der Waals surface area contributed by atoms with E-state index in [2.05, 4.69) is 5.32 Å². The molecule has 184 valence electrons. The topological polar surface area (TPSA) is 97.4 Å². The molecule has 4 rings (SSSR count). The number of amides is 3. The minimum absolute atomic E-state index is 0.0498. The van der Waals surface area contributed by atoms with Crippen LogP contribution in [-0.2, 0) is 14.4 Å². The van der Waals surface area contributed by atoms with Gasteiger partial charge in [0, 0.05) is 24.9 Å². The van der Waals surface area contributed by atoms with Crippen molar-refractivity contribution in [1.29, 1.82) is 0 Å². The first-order chi connectivity index (χ1) is 17.0. The van der Waals surface area contributed by atoms with E-state index >= 15 is 0 Å². The lowest BCUT2D eigenvalue weighted by atomic mass is 10.1. The number of hydrogen-bond donors (Lipinski definition) is 1. The Morgan fingerprint density at radius 1 is 1.03 bits per heavy atom. The molecule has 9 heteroatoms. The number of anilines is 2. The van der Waals surface area contributed by atoms with Crippen molar-refractivity contribution in [2.45, 2.75) is 19.3 Å². The summed E-state index contributed by atoms with van der Waals surface area (Å²) in [6.07, 6.45) is 6.14. The number of carbonyl (C=O) groups is 3. The van der Waals surface area contributed by atoms with Gasteiger partial charge in [0.1, 0.15) is 12.3 Å². The van der Waals surface area contributed by atoms with Gasteiger partial charge in [-0.2, -0.15) is 0 Å². The predicted molar refractivity (Wildman–Crippen MR) is 132 cm³/mol. The maximum absolute atomic E-state index is 12.8. The number of ether oxygens (including phenoxy) is 3. The molecule has 2 aromatic carbocycles. The molecule has 0 unspecified atom stereocenters. The van der Waals surface area contributed by atoms with Gasteiger partial charge in [0.05, 0.1) is 19.9 Å². The van der Waals surface area contributed by atoms with Crippen molar-refractivity contribution in [3.8, 4) is 17.2 Å². The maximum Gasteiger partial charge on any atom is 0.265 e. The number of fused-ring (bicyclic) bond motifs is 1. The number of piperidine rings is 1. The molecule has 0 saturated carbocycles. The van der Waals surface area contributed by atoms with Crippen molar-refractivity contribution >= 4 is 35.2 Å². The number of rotatable bonds is 7. The third kappa shape index (κ3) is 5.74. The van der Waals surface area contributed by atoms with Gasteiger partial charge in [0.2, 0.25) is 11.8 Å². The van der Waals surface area contributed by atoms with Crippen LogP contribution in [0, 0.1) is 0 Å². The Morgan fingerprint density at radius 2 is 1.80 bits per heavy atom. The van der Waals surface area contributed by atoms with E-state index in [1.165, 1.54) is 11.0 Å². The summed E-state index contributed by atoms with van der Waals surface area (Å²) >= 11 is 0. The minimum atomic E-state index is -0.348. The predicted octanol–water partition coefficient (Wildman–Crippen LogP) is 3.09. The maximum atomic E-state index is 12.8. The zero-order valence-corrected chi connectivity index (χ0v) is 19.9. The first-order valence-electron chi connectivity index (χ1n) is 11.5. The molecule has 0 aromatic heterocycles. The molecule has 1 N–H and O–H groups in total. The summed E-state index contributed by atoms with van der Waals surface area (Å²) in [4.78, 5) is 41.1. The Bertz CT molecular complexity index is 1140. The highest BCUT2D eigenvalue weighted by Crippen LogP contribution is 2.35. The largest absolute Gasteiger partial charge is 0.493 e. The van der Waals surface area contributed by atoms with Crippen LogP contribution in [0.4, 0.5) is 11.4 Å². The van der Waals surface area contributed by atoms with Crippen LogP contribution in [0.3, 0.4) is 0 Å². The highest BCUT2D eigenvalue weighted by atomic mass is 16.5. The Labute approximate surface area is 204 Å². The Morgan fingerprint density at radius 3 is 2.54 bits per heavy atom. The summed E-state index contributed by atoms with van der Waals surface area (Å²) in [5.74, 6) is 0.934. The van der Waals surface area contributed by atoms with Crippen LogP contribution < -0.4 is 24.4 Å². The van der Waals surface area contributed by atoms with Gasteiger partial charge in [-0.15, -0.1) is 0 Å². The Hall–Kier alpha value is -4.01. The van der Waals surface area contributed by atoms with Crippen molar-refractivity contribution in [3.63, 3.8) is 0 Å². The van der Waals surface area contributed by atoms with Crippen LogP contribution in [0.25, 0.3) is 6.08 Å². The van der Waals surface area contributed by atoms with Gasteiger partial charge in [-0.25, -0.2) is 0 Å². The van der Waals surface area contributed by atoms with Gasteiger partial charge in [-0.05, 0) is 61.2 Å². The smallest absolute Gasteiger partial charge is 0.265 e. The Kier molecular flexibility index (Phi) is 7.54. The second kappa shape index (κ2) is 10.9. The molecule has 2 aliphatic heterocycles. The fraction of sp³-hybridized carbons (Fsp3) is 0.346. The SMILES string of the molecule is COc1ccc(/C=C/C(=O)Nc2ccc3c(c2)N(CC(=O)N2CCCCC2)C(=O)CO3)cc1OC. The van der Waals surface area contributed by atoms with Crippen molar-refractivity contribution in [3.05, 3.63) is 48.0 Å². The van der Waals surface area contributed by atoms with Gasteiger partial charge in [0.25, 0.3) is 5.91 Å². The third-order valence-corrected chi connectivity index (χ3v) is 6.01. The van der Waals surface area contributed by atoms with Crippen LogP contribution in [-0.4, -0.2) is 63.1 Å². The second-order valence-electron chi connectivity index (χ2n) is 8.33. The fourth-order valence-electron chi connectivity index (χ4n) is 4.14. The average molecular weight is 480 g/mol. The molecule has 0 spiro atoms. The van der Waals surface area contributed by atoms with Gasteiger partial charge in [-0.1, -0.05) is 6.07 Å². The van der Waals surface area contributed by atoms with Crippen LogP contribution in [0.1, 0.15) is 24.8 Å². The van der Waals surface area contributed by atoms with Crippen LogP contribution >= 0.6 is 0 Å². The van der Waals surface area contributed by atoms with Crippen LogP contribution in [0.15, 0.2) is 42.5 Å². The standard InChI is InChI=1S/C26H29N3O6/c1-33-22-9-6-18(14-23(22)34-2)7-11-24(30)27-19-8-10-21-20(15-19)29(26(32)17-35-21)16-25(31)28-12-4-3-5-13-28/h6-11,14-15H,3-5,12-13,16-17H2,1-2H3,(H,27,30)/b11-7+. The number of nitrogens with one attached hydrogen (secondary N) is 1. The van der Waals surface area contributed by atoms with Crippen molar-refractivity contribution in [1.82, 2.24) is 4.90 Å². The summed E-state index contributed by atoms with van der Waals surface area (Å²) in [7, 11) is 3.11. The first kappa shape index (κ1) is 24.1. The molecule has 0 atom stereocenters. The van der Waals surface area contributed by atoms with Crippen molar-refractivity contribution in [2.75, 3.05) is 50.7 Å². The second-order valence-corrected chi connectivity index (χ2v) is 8.33. The number of methoxy groups -OCH3 is 2. The molecular weight excluding hydrogens is 450 g/mol. The number of hydrogen-bond acceptors (Lipinski definition) is 6. The fourth-order valence-corrected chi connectivity index (χ4v) is 4.14. The molecule has 1 saturated heterocycles. The molecule has 0 bridgehead atoms. The zero-order valence-electron chi connectivity index (χ0n) is 19.9. The van der Waals surface area contributed by atoms with E-state index in [0.29, 0.717) is 41.7 Å². The molecule has 35 heavy (non-hydrogen) atoms. The average Bonchev–Trinajstić information content (AvgIpc) is 2.89. The van der Waals surface area contributed by atoms with Gasteiger partial charge < -0.3 is 24.4 Å². The van der Waals surface area contributed by atoms with E-state index in [9.17, 15) is 14.4 Å². The molecule has 2 aliphatic rings. The third-order valence-electron chi connectivity index (χ3n) is 6.01. The van der Waals surface area contributed by atoms with E-state index in [-0.39, 0.29) is 30.9 Å². The first-order valence-corrected chi connectivity index (χ1v) is 11.5. The van der Waals surface area contributed by atoms with Crippen LogP contribution in [0.5, 0.6) is 17.2 Å². The summed E-state index contributed by atoms with van der Waals surface area (Å²) in [5, 5.41) is 2.79. The van der Waals surface area contributed by atoms with E-state index in [4.69, 9.17) is 14.2 Å². The molecule has 9 nitrogen and oxygen atoms in total. The normalized spacial score (nSPS) is 15.4. The summed E-state index contributed by atoms with van der Waals surface area (Å²) in [6, 6.07) is 10.4. The summed E-state index contributed by atoms with van der Waals surface area (Å²) in [6.45, 7) is 1.26. The molecule has 2 heterocycles. The van der Waals surface area contributed by atoms with Gasteiger partial charge >= 0.3 is 0 Å². The Balaban J connectivity index is 1.46. The highest BCUT2D eigenvalue weighted by molar-refractivity contribution is 6.05. The van der Waals surface area contributed by atoms with Gasteiger partial charge in [0.15, 0.2) is 18.1 Å². The molecule has 0 aliphatic carbocycles. The summed E-state index contributed by atoms with van der Waals surface area (Å²) < 4.78 is 16.0. The lowest BCUT2D eigenvalue weighted by molar-refractivity contribution is -0.132. The van der Waals surface area contributed by atoms with Crippen molar-refractivity contribution < 1.29 is 28.6 Å². The zero-order chi connectivity index (χ0) is 24.8. The molecule has 0 radical (unpaired) electrons. The number of nitrogens with zero attached hydrogens (tertiary/aromatic N) is 2. The van der Waals surface area contributed by atoms with E-state index in [1.54, 1.807) is 55.5 Å². The van der Waals surface area contributed by atoms with E-state index in [0.717, 1.165) is 24.8 Å². The highest BCUT2D eigenvalue weighted by Gasteiger charge is 2.29. The molecular formula is C26H29N3O6. The number of likely N-dealkylation sites (tertiary alicyclic amines) is 1. The monoisotopic (exact) mass is 479 g/mol. The summed E-state index contributed by atoms with van der Waals surface area (Å²) in [5.41, 5.74) is 1.72. The van der Waals surface area contributed by atoms with Crippen LogP contribution in [0.2, 0.25) is 0 Å². The molecule has 3 amide bonds. The van der Waals surface area contributed by atoms with Gasteiger partial charge in [-0.3, -0.25) is 19.3 Å².